The zero-order chi connectivity index (χ0) is 67.2. The Hall–Kier alpha value is -1.94. The summed E-state index contributed by atoms with van der Waals surface area (Å²) in [7, 11) is -9.90. The number of carbonyl (C=O) groups is 4. The second-order valence-electron chi connectivity index (χ2n) is 26.9. The van der Waals surface area contributed by atoms with Gasteiger partial charge < -0.3 is 33.8 Å². The van der Waals surface area contributed by atoms with Crippen LogP contribution in [0.3, 0.4) is 0 Å². The van der Waals surface area contributed by atoms with E-state index in [-0.39, 0.29) is 25.7 Å². The number of rotatable bonds is 71. The minimum absolute atomic E-state index is 0.104. The Labute approximate surface area is 556 Å². The second kappa shape index (κ2) is 64.1. The molecule has 0 saturated carbocycles. The van der Waals surface area contributed by atoms with E-state index in [9.17, 15) is 43.2 Å². The standard InChI is InChI=1S/C72H140O17P2/c1-7-9-11-13-15-17-26-31-37-43-49-55-70(75)83-60-67(88-71(76)56-50-44-38-32-28-25-23-21-19-18-20-22-24-27-30-34-40-46-52-64(3)4)62-86-90(78,79)84-58-66(73)59-85-91(80,81)87-63-68(61-82-69(74)54-48-42-36-29-16-14-12-10-8-2)89-72(77)57-51-45-39-33-35-41-47-53-65(5)6/h64-68,73H,7-63H2,1-6H3,(H,78,79)(H,80,81)/t66-,67-,68-/m1/s1. The van der Waals surface area contributed by atoms with Crippen LogP contribution in [-0.4, -0.2) is 96.7 Å². The van der Waals surface area contributed by atoms with Crippen molar-refractivity contribution >= 4 is 39.5 Å². The topological polar surface area (TPSA) is 237 Å². The zero-order valence-electron chi connectivity index (χ0n) is 59.1. The SMILES string of the molecule is CCCCCCCCCCCCCC(=O)OC[C@H](COP(=O)(O)OC[C@@H](O)COP(=O)(O)OC[C@@H](COC(=O)CCCCCCCCCCC)OC(=O)CCCCCCCCCC(C)C)OC(=O)CCCCCCCCCCCCCCCCCCCCC(C)C. The molecule has 0 fully saturated rings. The molecule has 0 heterocycles. The Morgan fingerprint density at radius 2 is 0.505 bits per heavy atom. The molecule has 0 amide bonds. The maximum Gasteiger partial charge on any atom is 0.472 e. The van der Waals surface area contributed by atoms with Gasteiger partial charge in [-0.15, -0.1) is 0 Å². The second-order valence-corrected chi connectivity index (χ2v) is 29.8. The van der Waals surface area contributed by atoms with Crippen molar-refractivity contribution in [1.82, 2.24) is 0 Å². The van der Waals surface area contributed by atoms with Gasteiger partial charge in [-0.05, 0) is 37.5 Å². The summed E-state index contributed by atoms with van der Waals surface area (Å²) in [6.45, 7) is 9.51. The predicted octanol–water partition coefficient (Wildman–Crippen LogP) is 20.8. The van der Waals surface area contributed by atoms with Crippen molar-refractivity contribution < 1.29 is 80.2 Å². The summed E-state index contributed by atoms with van der Waals surface area (Å²) in [4.78, 5) is 72.5. The van der Waals surface area contributed by atoms with Crippen molar-refractivity contribution in [3.05, 3.63) is 0 Å². The smallest absolute Gasteiger partial charge is 0.462 e. The summed E-state index contributed by atoms with van der Waals surface area (Å²) in [6.07, 6.45) is 50.1. The molecule has 0 aliphatic heterocycles. The third-order valence-electron chi connectivity index (χ3n) is 16.7. The van der Waals surface area contributed by atoms with Gasteiger partial charge in [-0.2, -0.15) is 0 Å². The third-order valence-corrected chi connectivity index (χ3v) is 18.6. The van der Waals surface area contributed by atoms with Crippen molar-refractivity contribution in [2.24, 2.45) is 11.8 Å². The molecule has 0 aromatic rings. The Kier molecular flexibility index (Phi) is 62.7. The van der Waals surface area contributed by atoms with Crippen LogP contribution < -0.4 is 0 Å². The van der Waals surface area contributed by atoms with Crippen LogP contribution in [0.1, 0.15) is 369 Å². The van der Waals surface area contributed by atoms with Crippen LogP contribution in [0.5, 0.6) is 0 Å². The van der Waals surface area contributed by atoms with Gasteiger partial charge >= 0.3 is 39.5 Å². The van der Waals surface area contributed by atoms with Gasteiger partial charge in [0, 0.05) is 25.7 Å². The quantitative estimate of drug-likeness (QED) is 0.0222. The molecule has 0 aromatic carbocycles. The van der Waals surface area contributed by atoms with Gasteiger partial charge in [-0.3, -0.25) is 37.3 Å². The lowest BCUT2D eigenvalue weighted by molar-refractivity contribution is -0.161. The summed E-state index contributed by atoms with van der Waals surface area (Å²) in [5, 5.41) is 10.6. The number of phosphoric ester groups is 2. The number of hydrogen-bond acceptors (Lipinski definition) is 15. The van der Waals surface area contributed by atoms with E-state index in [2.05, 4.69) is 41.5 Å². The van der Waals surface area contributed by atoms with Gasteiger partial charge in [-0.1, -0.05) is 318 Å². The number of carbonyl (C=O) groups excluding carboxylic acids is 4. The number of aliphatic hydroxyl groups excluding tert-OH is 1. The van der Waals surface area contributed by atoms with E-state index in [1.54, 1.807) is 0 Å². The molecule has 540 valence electrons. The molecule has 0 rings (SSSR count). The van der Waals surface area contributed by atoms with Crippen molar-refractivity contribution in [2.45, 2.75) is 387 Å². The molecule has 0 saturated heterocycles. The van der Waals surface area contributed by atoms with E-state index in [0.717, 1.165) is 95.8 Å². The minimum atomic E-state index is -4.95. The Morgan fingerprint density at radius 1 is 0.297 bits per heavy atom. The predicted molar refractivity (Wildman–Crippen MR) is 368 cm³/mol. The Morgan fingerprint density at radius 3 is 0.747 bits per heavy atom. The lowest BCUT2D eigenvalue weighted by atomic mass is 10.0. The van der Waals surface area contributed by atoms with Gasteiger partial charge in [-0.25, -0.2) is 9.13 Å². The highest BCUT2D eigenvalue weighted by molar-refractivity contribution is 7.47. The summed E-state index contributed by atoms with van der Waals surface area (Å²) in [6, 6.07) is 0. The number of phosphoric acid groups is 2. The summed E-state index contributed by atoms with van der Waals surface area (Å²) >= 11 is 0. The maximum atomic E-state index is 13.0. The first-order valence-electron chi connectivity index (χ1n) is 37.5. The first-order chi connectivity index (χ1) is 43.9. The fourth-order valence-electron chi connectivity index (χ4n) is 10.9. The van der Waals surface area contributed by atoms with Crippen LogP contribution in [0.15, 0.2) is 0 Å². The molecular weight excluding hydrogens is 1200 g/mol. The summed E-state index contributed by atoms with van der Waals surface area (Å²) in [5.74, 6) is -0.609. The van der Waals surface area contributed by atoms with Crippen LogP contribution in [0.2, 0.25) is 0 Å². The highest BCUT2D eigenvalue weighted by Gasteiger charge is 2.30. The van der Waals surface area contributed by atoms with Crippen molar-refractivity contribution in [1.29, 1.82) is 0 Å². The molecule has 0 bridgehead atoms. The number of ether oxygens (including phenoxy) is 4. The summed E-state index contributed by atoms with van der Waals surface area (Å²) in [5.41, 5.74) is 0. The highest BCUT2D eigenvalue weighted by Crippen LogP contribution is 2.45. The average molecular weight is 1340 g/mol. The third kappa shape index (κ3) is 66.5. The molecule has 5 atom stereocenters. The highest BCUT2D eigenvalue weighted by atomic mass is 31.2. The monoisotopic (exact) mass is 1340 g/mol. The molecule has 2 unspecified atom stereocenters. The molecule has 3 N–H and O–H groups in total. The first kappa shape index (κ1) is 89.1. The molecule has 0 spiro atoms. The van der Waals surface area contributed by atoms with E-state index < -0.39 is 97.5 Å². The molecule has 17 nitrogen and oxygen atoms in total. The fraction of sp³-hybridized carbons (Fsp3) is 0.944. The van der Waals surface area contributed by atoms with Crippen LogP contribution >= 0.6 is 15.6 Å². The van der Waals surface area contributed by atoms with Gasteiger partial charge in [0.25, 0.3) is 0 Å². The van der Waals surface area contributed by atoms with Crippen molar-refractivity contribution in [2.75, 3.05) is 39.6 Å². The van der Waals surface area contributed by atoms with Crippen LogP contribution in [-0.2, 0) is 65.4 Å². The molecule has 0 aliphatic rings. The van der Waals surface area contributed by atoms with Crippen LogP contribution in [0, 0.1) is 11.8 Å². The van der Waals surface area contributed by atoms with Gasteiger partial charge in [0.2, 0.25) is 0 Å². The van der Waals surface area contributed by atoms with Crippen LogP contribution in [0.25, 0.3) is 0 Å². The number of hydrogen-bond donors (Lipinski definition) is 3. The Bertz CT molecular complexity index is 1770. The normalized spacial score (nSPS) is 14.1. The van der Waals surface area contributed by atoms with E-state index in [4.69, 9.17) is 37.0 Å². The molecular formula is C72H140O17P2. The first-order valence-corrected chi connectivity index (χ1v) is 40.5. The molecule has 0 aliphatic carbocycles. The molecule has 0 aromatic heterocycles. The minimum Gasteiger partial charge on any atom is -0.462 e. The number of aliphatic hydroxyl groups is 1. The van der Waals surface area contributed by atoms with Gasteiger partial charge in [0.15, 0.2) is 12.2 Å². The fourth-order valence-corrected chi connectivity index (χ4v) is 12.5. The van der Waals surface area contributed by atoms with E-state index in [1.165, 1.54) is 186 Å². The number of unbranched alkanes of at least 4 members (excludes halogenated alkanes) is 41. The maximum absolute atomic E-state index is 13.0. The summed E-state index contributed by atoms with van der Waals surface area (Å²) < 4.78 is 68.2. The number of esters is 4. The van der Waals surface area contributed by atoms with E-state index in [0.29, 0.717) is 31.6 Å². The van der Waals surface area contributed by atoms with Gasteiger partial charge in [0.1, 0.15) is 19.3 Å². The molecule has 0 radical (unpaired) electrons. The molecule has 91 heavy (non-hydrogen) atoms. The molecule has 19 heteroatoms. The zero-order valence-corrected chi connectivity index (χ0v) is 60.9. The van der Waals surface area contributed by atoms with E-state index >= 15 is 0 Å². The lowest BCUT2D eigenvalue weighted by Gasteiger charge is -2.21. The largest absolute Gasteiger partial charge is 0.472 e. The average Bonchev–Trinajstić information content (AvgIpc) is 3.72. The lowest BCUT2D eigenvalue weighted by Crippen LogP contribution is -2.30. The van der Waals surface area contributed by atoms with Crippen molar-refractivity contribution in [3.63, 3.8) is 0 Å². The van der Waals surface area contributed by atoms with Crippen LogP contribution in [0.4, 0.5) is 0 Å². The Balaban J connectivity index is 5.15. The van der Waals surface area contributed by atoms with E-state index in [1.807, 2.05) is 0 Å². The van der Waals surface area contributed by atoms with Gasteiger partial charge in [0.05, 0.1) is 26.4 Å². The van der Waals surface area contributed by atoms with Crippen molar-refractivity contribution in [3.8, 4) is 0 Å².